The summed E-state index contributed by atoms with van der Waals surface area (Å²) in [6.07, 6.45) is 2.30. The van der Waals surface area contributed by atoms with E-state index in [4.69, 9.17) is 30.8 Å². The number of benzene rings is 2. The summed E-state index contributed by atoms with van der Waals surface area (Å²) in [6.45, 7) is 7.87. The average Bonchev–Trinajstić information content (AvgIpc) is 2.83. The van der Waals surface area contributed by atoms with Crippen LogP contribution in [0.3, 0.4) is 0 Å². The van der Waals surface area contributed by atoms with Crippen LogP contribution < -0.4 is 15.0 Å². The monoisotopic (exact) mass is 563 g/mol. The van der Waals surface area contributed by atoms with E-state index in [-0.39, 0.29) is 35.5 Å². The molecule has 0 fully saturated rings. The van der Waals surface area contributed by atoms with Crippen molar-refractivity contribution < 1.29 is 19.0 Å². The first-order valence-electron chi connectivity index (χ1n) is 11.3. The zero-order valence-electron chi connectivity index (χ0n) is 20.0. The summed E-state index contributed by atoms with van der Waals surface area (Å²) in [4.78, 5) is 29.7. The standard InChI is InChI=1S/C25H27BrClN3O5/c1-5-15(4)24-29-20-9-8-17(26)12-18(20)25(32)30(24)28-13-16-10-19(27)23(21(11-16)33-6-2)35-14-22(31)34-7-3/h8-13,15H,5-7,14H2,1-4H3/t15-/m1/s1. The van der Waals surface area contributed by atoms with Crippen molar-refractivity contribution >= 4 is 50.6 Å². The molecule has 0 aliphatic rings. The van der Waals surface area contributed by atoms with Gasteiger partial charge in [-0.2, -0.15) is 9.78 Å². The molecule has 8 nitrogen and oxygen atoms in total. The van der Waals surface area contributed by atoms with E-state index in [0.717, 1.165) is 10.9 Å². The lowest BCUT2D eigenvalue weighted by Crippen LogP contribution is -2.23. The first-order valence-corrected chi connectivity index (χ1v) is 12.5. The molecule has 0 saturated carbocycles. The Kier molecular flexibility index (Phi) is 9.28. The van der Waals surface area contributed by atoms with Crippen LogP contribution in [0.2, 0.25) is 5.02 Å². The molecule has 3 aromatic rings. The van der Waals surface area contributed by atoms with Gasteiger partial charge in [-0.3, -0.25) is 4.79 Å². The fourth-order valence-corrected chi connectivity index (χ4v) is 3.94. The van der Waals surface area contributed by atoms with Crippen molar-refractivity contribution in [3.63, 3.8) is 0 Å². The van der Waals surface area contributed by atoms with E-state index in [1.165, 1.54) is 10.9 Å². The van der Waals surface area contributed by atoms with Gasteiger partial charge in [0.25, 0.3) is 5.56 Å². The molecular weight excluding hydrogens is 538 g/mol. The van der Waals surface area contributed by atoms with Gasteiger partial charge < -0.3 is 14.2 Å². The summed E-state index contributed by atoms with van der Waals surface area (Å²) in [7, 11) is 0. The Morgan fingerprint density at radius 1 is 1.20 bits per heavy atom. The van der Waals surface area contributed by atoms with E-state index in [9.17, 15) is 9.59 Å². The van der Waals surface area contributed by atoms with Gasteiger partial charge in [-0.1, -0.05) is 41.4 Å². The second kappa shape index (κ2) is 12.2. The zero-order valence-corrected chi connectivity index (χ0v) is 22.4. The van der Waals surface area contributed by atoms with Gasteiger partial charge in [0.05, 0.1) is 35.4 Å². The molecule has 0 unspecified atom stereocenters. The lowest BCUT2D eigenvalue weighted by atomic mass is 10.1. The SMILES string of the molecule is CCOC(=O)COc1c(Cl)cc(C=Nn2c([C@H](C)CC)nc3ccc(Br)cc3c2=O)cc1OCC. The predicted octanol–water partition coefficient (Wildman–Crippen LogP) is 5.55. The minimum Gasteiger partial charge on any atom is -0.490 e. The number of rotatable bonds is 10. The number of nitrogens with zero attached hydrogens (tertiary/aromatic N) is 3. The minimum atomic E-state index is -0.510. The summed E-state index contributed by atoms with van der Waals surface area (Å²) < 4.78 is 18.2. The van der Waals surface area contributed by atoms with Crippen LogP contribution in [0.4, 0.5) is 0 Å². The van der Waals surface area contributed by atoms with Gasteiger partial charge in [-0.05, 0) is 56.2 Å². The van der Waals surface area contributed by atoms with Crippen LogP contribution >= 0.6 is 27.5 Å². The Balaban J connectivity index is 2.04. The van der Waals surface area contributed by atoms with Crippen molar-refractivity contribution in [3.8, 4) is 11.5 Å². The minimum absolute atomic E-state index is 0.00845. The van der Waals surface area contributed by atoms with Crippen LogP contribution in [0.15, 0.2) is 44.7 Å². The number of fused-ring (bicyclic) bond motifs is 1. The number of hydrogen-bond acceptors (Lipinski definition) is 7. The maximum atomic E-state index is 13.3. The summed E-state index contributed by atoms with van der Waals surface area (Å²) >= 11 is 9.85. The Morgan fingerprint density at radius 3 is 2.66 bits per heavy atom. The zero-order chi connectivity index (χ0) is 25.5. The lowest BCUT2D eigenvalue weighted by Gasteiger charge is -2.15. The van der Waals surface area contributed by atoms with Crippen LogP contribution in [-0.2, 0) is 9.53 Å². The summed E-state index contributed by atoms with van der Waals surface area (Å²) in [5.74, 6) is 0.640. The fourth-order valence-electron chi connectivity index (χ4n) is 3.30. The Bertz CT molecular complexity index is 1310. The molecule has 3 rings (SSSR count). The van der Waals surface area contributed by atoms with Gasteiger partial charge >= 0.3 is 5.97 Å². The van der Waals surface area contributed by atoms with E-state index in [0.29, 0.717) is 34.6 Å². The molecule has 1 atom stereocenters. The van der Waals surface area contributed by atoms with Gasteiger partial charge in [0.15, 0.2) is 18.1 Å². The summed E-state index contributed by atoms with van der Waals surface area (Å²) in [6, 6.07) is 8.69. The normalized spacial score (nSPS) is 12.2. The van der Waals surface area contributed by atoms with Crippen LogP contribution in [0, 0.1) is 0 Å². The second-order valence-electron chi connectivity index (χ2n) is 7.66. The fraction of sp³-hybridized carbons (Fsp3) is 0.360. The first kappa shape index (κ1) is 26.7. The van der Waals surface area contributed by atoms with E-state index in [1.54, 1.807) is 25.1 Å². The van der Waals surface area contributed by atoms with Crippen molar-refractivity contribution in [2.75, 3.05) is 19.8 Å². The topological polar surface area (TPSA) is 92.0 Å². The van der Waals surface area contributed by atoms with E-state index < -0.39 is 5.97 Å². The molecule has 0 amide bonds. The van der Waals surface area contributed by atoms with Crippen molar-refractivity contribution in [2.45, 2.75) is 40.0 Å². The molecule has 0 radical (unpaired) electrons. The van der Waals surface area contributed by atoms with E-state index in [1.807, 2.05) is 32.9 Å². The predicted molar refractivity (Wildman–Crippen MR) is 140 cm³/mol. The molecular formula is C25H27BrClN3O5. The molecule has 0 aliphatic carbocycles. The number of esters is 1. The van der Waals surface area contributed by atoms with Gasteiger partial charge in [0, 0.05) is 10.4 Å². The van der Waals surface area contributed by atoms with Crippen molar-refractivity contribution in [1.29, 1.82) is 0 Å². The van der Waals surface area contributed by atoms with Crippen molar-refractivity contribution in [1.82, 2.24) is 9.66 Å². The van der Waals surface area contributed by atoms with E-state index >= 15 is 0 Å². The highest BCUT2D eigenvalue weighted by atomic mass is 79.9. The highest BCUT2D eigenvalue weighted by Crippen LogP contribution is 2.36. The number of hydrogen-bond donors (Lipinski definition) is 0. The molecule has 1 aromatic heterocycles. The molecule has 1 heterocycles. The molecule has 2 aromatic carbocycles. The molecule has 0 N–H and O–H groups in total. The average molecular weight is 565 g/mol. The van der Waals surface area contributed by atoms with Crippen molar-refractivity contribution in [2.24, 2.45) is 5.10 Å². The molecule has 0 saturated heterocycles. The molecule has 35 heavy (non-hydrogen) atoms. The number of carbonyl (C=O) groups excluding carboxylic acids is 1. The number of carbonyl (C=O) groups is 1. The van der Waals surface area contributed by atoms with Crippen LogP contribution in [0.1, 0.15) is 51.4 Å². The quantitative estimate of drug-likeness (QED) is 0.237. The van der Waals surface area contributed by atoms with Gasteiger partial charge in [-0.25, -0.2) is 9.78 Å². The van der Waals surface area contributed by atoms with Crippen LogP contribution in [0.25, 0.3) is 10.9 Å². The third-order valence-electron chi connectivity index (χ3n) is 5.18. The van der Waals surface area contributed by atoms with Gasteiger partial charge in [-0.15, -0.1) is 0 Å². The number of ether oxygens (including phenoxy) is 3. The molecule has 0 spiro atoms. The summed E-state index contributed by atoms with van der Waals surface area (Å²) in [5, 5.41) is 5.16. The number of halogens is 2. The van der Waals surface area contributed by atoms with E-state index in [2.05, 4.69) is 21.0 Å². The van der Waals surface area contributed by atoms with Crippen LogP contribution in [-0.4, -0.2) is 41.7 Å². The molecule has 0 bridgehead atoms. The van der Waals surface area contributed by atoms with Crippen LogP contribution in [0.5, 0.6) is 11.5 Å². The molecule has 10 heteroatoms. The summed E-state index contributed by atoms with van der Waals surface area (Å²) in [5.41, 5.74) is 0.927. The first-order chi connectivity index (χ1) is 16.8. The van der Waals surface area contributed by atoms with Crippen molar-refractivity contribution in [3.05, 3.63) is 61.6 Å². The largest absolute Gasteiger partial charge is 0.490 e. The maximum Gasteiger partial charge on any atom is 0.344 e. The van der Waals surface area contributed by atoms with Gasteiger partial charge in [0.1, 0.15) is 5.82 Å². The third-order valence-corrected chi connectivity index (χ3v) is 5.95. The lowest BCUT2D eigenvalue weighted by molar-refractivity contribution is -0.145. The highest BCUT2D eigenvalue weighted by Gasteiger charge is 2.17. The highest BCUT2D eigenvalue weighted by molar-refractivity contribution is 9.10. The smallest absolute Gasteiger partial charge is 0.344 e. The molecule has 186 valence electrons. The Hall–Kier alpha value is -2.91. The Labute approximate surface area is 217 Å². The van der Waals surface area contributed by atoms with Gasteiger partial charge in [0.2, 0.25) is 0 Å². The molecule has 0 aliphatic heterocycles. The number of aromatic nitrogens is 2. The second-order valence-corrected chi connectivity index (χ2v) is 8.98. The maximum absolute atomic E-state index is 13.3. The third kappa shape index (κ3) is 6.41. The Morgan fingerprint density at radius 2 is 1.97 bits per heavy atom.